The van der Waals surface area contributed by atoms with Crippen LogP contribution in [0.1, 0.15) is 12.5 Å². The fraction of sp³-hybridized carbons (Fsp3) is 0.182. The lowest BCUT2D eigenvalue weighted by Crippen LogP contribution is -2.38. The Kier molecular flexibility index (Phi) is 3.22. The summed E-state index contributed by atoms with van der Waals surface area (Å²) >= 11 is 0. The molecular weight excluding hydrogens is 237 g/mol. The van der Waals surface area contributed by atoms with E-state index in [1.165, 1.54) is 13.0 Å². The van der Waals surface area contributed by atoms with Crippen LogP contribution in [0.25, 0.3) is 0 Å². The number of carbonyl (C=O) groups is 1. The minimum absolute atomic E-state index is 0.0843. The summed E-state index contributed by atoms with van der Waals surface area (Å²) in [7, 11) is 1.68. The zero-order valence-corrected chi connectivity index (χ0v) is 9.91. The molecule has 1 aromatic carbocycles. The lowest BCUT2D eigenvalue weighted by atomic mass is 10.1. The molecule has 0 aliphatic carbocycles. The van der Waals surface area contributed by atoms with Crippen LogP contribution in [0.15, 0.2) is 28.4 Å². The first kappa shape index (κ1) is 12.0. The minimum atomic E-state index is -0.434. The summed E-state index contributed by atoms with van der Waals surface area (Å²) in [4.78, 5) is 11.0. The van der Waals surface area contributed by atoms with E-state index in [-0.39, 0.29) is 23.0 Å². The first-order chi connectivity index (χ1) is 8.63. The van der Waals surface area contributed by atoms with Gasteiger partial charge in [0.1, 0.15) is 5.82 Å². The lowest BCUT2D eigenvalue weighted by molar-refractivity contribution is -0.111. The Morgan fingerprint density at radius 2 is 2.11 bits per heavy atom. The number of nitrogens with one attached hydrogen (secondary N) is 3. The van der Waals surface area contributed by atoms with Gasteiger partial charge in [-0.1, -0.05) is 6.07 Å². The number of anilines is 1. The van der Waals surface area contributed by atoms with Gasteiger partial charge in [0.25, 0.3) is 0 Å². The number of nitrogens with zero attached hydrogens (tertiary/aromatic N) is 2. The van der Waals surface area contributed by atoms with Crippen LogP contribution in [0.5, 0.6) is 0 Å². The summed E-state index contributed by atoms with van der Waals surface area (Å²) < 4.78 is 13.8. The summed E-state index contributed by atoms with van der Waals surface area (Å²) in [5.41, 5.74) is 5.87. The SMILES string of the molecule is CNc1cccc(F)c1C1=NNC(C(C)=O)=NN1. The molecule has 0 radical (unpaired) electrons. The molecule has 0 spiro atoms. The second-order valence-electron chi connectivity index (χ2n) is 3.61. The van der Waals surface area contributed by atoms with Gasteiger partial charge in [0.05, 0.1) is 5.56 Å². The van der Waals surface area contributed by atoms with Gasteiger partial charge >= 0.3 is 0 Å². The van der Waals surface area contributed by atoms with E-state index in [0.29, 0.717) is 5.69 Å². The smallest absolute Gasteiger partial charge is 0.209 e. The molecule has 0 atom stereocenters. The molecule has 0 amide bonds. The number of carbonyl (C=O) groups excluding carboxylic acids is 1. The van der Waals surface area contributed by atoms with E-state index in [9.17, 15) is 9.18 Å². The molecule has 0 bridgehead atoms. The van der Waals surface area contributed by atoms with Gasteiger partial charge < -0.3 is 5.32 Å². The quantitative estimate of drug-likeness (QED) is 0.734. The molecule has 6 nitrogen and oxygen atoms in total. The first-order valence-corrected chi connectivity index (χ1v) is 5.28. The molecule has 2 rings (SSSR count). The fourth-order valence-electron chi connectivity index (χ4n) is 1.51. The highest BCUT2D eigenvalue weighted by Gasteiger charge is 2.18. The lowest BCUT2D eigenvalue weighted by Gasteiger charge is -2.16. The van der Waals surface area contributed by atoms with E-state index >= 15 is 0 Å². The second-order valence-corrected chi connectivity index (χ2v) is 3.61. The number of hydrogen-bond acceptors (Lipinski definition) is 6. The van der Waals surface area contributed by atoms with Crippen molar-refractivity contribution in [1.82, 2.24) is 10.9 Å². The standard InChI is InChI=1S/C11H12FN5O/c1-6(18)10-14-16-11(17-15-10)9-7(12)4-3-5-8(9)13-2/h3-5,13H,1-2H3,(H,14,15)(H,16,17). The number of Topliss-reactive ketones (excluding diaryl/α,β-unsaturated/α-hetero) is 1. The van der Waals surface area contributed by atoms with Gasteiger partial charge in [0.2, 0.25) is 5.84 Å². The number of halogens is 1. The normalized spacial score (nSPS) is 13.9. The van der Waals surface area contributed by atoms with Crippen molar-refractivity contribution in [3.05, 3.63) is 29.6 Å². The van der Waals surface area contributed by atoms with Crippen molar-refractivity contribution in [3.63, 3.8) is 0 Å². The zero-order chi connectivity index (χ0) is 13.1. The molecule has 0 saturated carbocycles. The third-order valence-corrected chi connectivity index (χ3v) is 2.40. The number of amidine groups is 2. The van der Waals surface area contributed by atoms with Crippen LogP contribution in [0.4, 0.5) is 10.1 Å². The number of rotatable bonds is 3. The van der Waals surface area contributed by atoms with Crippen molar-refractivity contribution in [2.45, 2.75) is 6.92 Å². The van der Waals surface area contributed by atoms with Crippen LogP contribution in [-0.2, 0) is 4.79 Å². The summed E-state index contributed by atoms with van der Waals surface area (Å²) in [6.45, 7) is 1.36. The van der Waals surface area contributed by atoms with E-state index in [0.717, 1.165) is 0 Å². The molecule has 0 saturated heterocycles. The molecule has 1 heterocycles. The van der Waals surface area contributed by atoms with Crippen LogP contribution in [0, 0.1) is 5.82 Å². The van der Waals surface area contributed by atoms with Gasteiger partial charge in [-0.25, -0.2) is 4.39 Å². The van der Waals surface area contributed by atoms with E-state index in [4.69, 9.17) is 0 Å². The van der Waals surface area contributed by atoms with E-state index < -0.39 is 5.82 Å². The summed E-state index contributed by atoms with van der Waals surface area (Å²) in [6.07, 6.45) is 0. The van der Waals surface area contributed by atoms with Crippen LogP contribution >= 0.6 is 0 Å². The Hall–Kier alpha value is -2.44. The maximum Gasteiger partial charge on any atom is 0.209 e. The average Bonchev–Trinajstić information content (AvgIpc) is 2.38. The zero-order valence-electron chi connectivity index (χ0n) is 9.91. The van der Waals surface area contributed by atoms with Crippen molar-refractivity contribution in [3.8, 4) is 0 Å². The third-order valence-electron chi connectivity index (χ3n) is 2.40. The predicted molar refractivity (Wildman–Crippen MR) is 66.9 cm³/mol. The van der Waals surface area contributed by atoms with Crippen LogP contribution in [0.2, 0.25) is 0 Å². The monoisotopic (exact) mass is 249 g/mol. The van der Waals surface area contributed by atoms with Gasteiger partial charge in [-0.05, 0) is 12.1 Å². The molecule has 3 N–H and O–H groups in total. The molecule has 1 aliphatic heterocycles. The average molecular weight is 249 g/mol. The van der Waals surface area contributed by atoms with Gasteiger partial charge in [0.15, 0.2) is 11.6 Å². The van der Waals surface area contributed by atoms with Gasteiger partial charge in [0, 0.05) is 19.7 Å². The Morgan fingerprint density at radius 3 is 2.67 bits per heavy atom. The number of hydrazone groups is 2. The van der Waals surface area contributed by atoms with E-state index in [2.05, 4.69) is 26.4 Å². The Bertz CT molecular complexity index is 552. The Morgan fingerprint density at radius 1 is 1.33 bits per heavy atom. The summed E-state index contributed by atoms with van der Waals surface area (Å²) in [5.74, 6) is -0.396. The van der Waals surface area contributed by atoms with Crippen LogP contribution in [0.3, 0.4) is 0 Å². The molecule has 1 aromatic rings. The van der Waals surface area contributed by atoms with Crippen molar-refractivity contribution in [2.75, 3.05) is 12.4 Å². The summed E-state index contributed by atoms with van der Waals surface area (Å²) in [6, 6.07) is 4.63. The number of ketones is 1. The highest BCUT2D eigenvalue weighted by atomic mass is 19.1. The molecule has 94 valence electrons. The molecule has 0 unspecified atom stereocenters. The minimum Gasteiger partial charge on any atom is -0.387 e. The first-order valence-electron chi connectivity index (χ1n) is 5.28. The van der Waals surface area contributed by atoms with E-state index in [1.54, 1.807) is 19.2 Å². The van der Waals surface area contributed by atoms with Crippen LogP contribution < -0.4 is 16.2 Å². The van der Waals surface area contributed by atoms with Crippen molar-refractivity contribution < 1.29 is 9.18 Å². The van der Waals surface area contributed by atoms with Gasteiger partial charge in [-0.15, -0.1) is 0 Å². The molecule has 18 heavy (non-hydrogen) atoms. The van der Waals surface area contributed by atoms with Crippen LogP contribution in [-0.4, -0.2) is 24.5 Å². The molecule has 7 heteroatoms. The fourth-order valence-corrected chi connectivity index (χ4v) is 1.51. The predicted octanol–water partition coefficient (Wildman–Crippen LogP) is 0.624. The maximum absolute atomic E-state index is 13.8. The van der Waals surface area contributed by atoms with Crippen molar-refractivity contribution >= 4 is 23.1 Å². The second kappa shape index (κ2) is 4.82. The maximum atomic E-state index is 13.8. The molecule has 1 aliphatic rings. The number of hydrogen-bond donors (Lipinski definition) is 3. The largest absolute Gasteiger partial charge is 0.387 e. The van der Waals surface area contributed by atoms with Gasteiger partial charge in [-0.3, -0.25) is 15.6 Å². The van der Waals surface area contributed by atoms with Crippen molar-refractivity contribution in [2.24, 2.45) is 10.2 Å². The molecular formula is C11H12FN5O. The van der Waals surface area contributed by atoms with Gasteiger partial charge in [-0.2, -0.15) is 10.2 Å². The Balaban J connectivity index is 2.33. The molecule has 0 aromatic heterocycles. The van der Waals surface area contributed by atoms with E-state index in [1.807, 2.05) is 0 Å². The van der Waals surface area contributed by atoms with Crippen molar-refractivity contribution in [1.29, 1.82) is 0 Å². The Labute approximate surface area is 103 Å². The topological polar surface area (TPSA) is 77.9 Å². The highest BCUT2D eigenvalue weighted by molar-refractivity contribution is 6.38. The highest BCUT2D eigenvalue weighted by Crippen LogP contribution is 2.19. The molecule has 0 fully saturated rings. The third kappa shape index (κ3) is 2.15. The number of benzene rings is 1. The summed E-state index contributed by atoms with van der Waals surface area (Å²) in [5, 5.41) is 10.5.